The molecule has 0 aliphatic carbocycles. The lowest BCUT2D eigenvalue weighted by atomic mass is 10.1. The van der Waals surface area contributed by atoms with E-state index in [4.69, 9.17) is 30.2 Å². The molecule has 0 radical (unpaired) electrons. The van der Waals surface area contributed by atoms with Crippen molar-refractivity contribution in [2.24, 2.45) is 0 Å². The molecule has 31 heavy (non-hydrogen) atoms. The highest BCUT2D eigenvalue weighted by Gasteiger charge is 2.25. The molecule has 1 saturated heterocycles. The quantitative estimate of drug-likeness (QED) is 0.587. The zero-order chi connectivity index (χ0) is 22.2. The van der Waals surface area contributed by atoms with Crippen LogP contribution in [0.5, 0.6) is 11.5 Å². The van der Waals surface area contributed by atoms with Crippen LogP contribution >= 0.6 is 11.6 Å². The number of carbonyl (C=O) groups excluding carboxylic acids is 1. The third-order valence-electron chi connectivity index (χ3n) is 5.01. The maximum absolute atomic E-state index is 12.5. The number of halogens is 1. The summed E-state index contributed by atoms with van der Waals surface area (Å²) < 4.78 is 22.2. The maximum Gasteiger partial charge on any atom is 0.244 e. The van der Waals surface area contributed by atoms with Gasteiger partial charge in [0.05, 0.1) is 38.0 Å². The number of nitrogens with zero attached hydrogens (tertiary/aromatic N) is 1. The molecular weight excluding hydrogens is 420 g/mol. The van der Waals surface area contributed by atoms with Crippen molar-refractivity contribution in [3.05, 3.63) is 52.4 Å². The van der Waals surface area contributed by atoms with Crippen molar-refractivity contribution in [2.75, 3.05) is 46.6 Å². The largest absolute Gasteiger partial charge is 0.493 e. The van der Waals surface area contributed by atoms with Gasteiger partial charge >= 0.3 is 0 Å². The highest BCUT2D eigenvalue weighted by molar-refractivity contribution is 6.32. The molecule has 1 aromatic carbocycles. The second-order valence-electron chi connectivity index (χ2n) is 7.16. The van der Waals surface area contributed by atoms with Gasteiger partial charge < -0.3 is 23.9 Å². The first kappa shape index (κ1) is 23.2. The van der Waals surface area contributed by atoms with E-state index in [0.29, 0.717) is 42.9 Å². The first-order valence-corrected chi connectivity index (χ1v) is 10.7. The highest BCUT2D eigenvalue weighted by Crippen LogP contribution is 2.36. The number of morpholine rings is 1. The van der Waals surface area contributed by atoms with Crippen molar-refractivity contribution >= 4 is 23.6 Å². The van der Waals surface area contributed by atoms with Gasteiger partial charge in [-0.05, 0) is 49.8 Å². The molecule has 1 aliphatic rings. The number of nitrogens with one attached hydrogen (secondary N) is 1. The zero-order valence-electron chi connectivity index (χ0n) is 18.2. The molecule has 1 fully saturated rings. The molecule has 0 spiro atoms. The summed E-state index contributed by atoms with van der Waals surface area (Å²) in [5.74, 6) is 2.50. The third kappa shape index (κ3) is 6.26. The number of methoxy groups -OCH3 is 1. The lowest BCUT2D eigenvalue weighted by molar-refractivity contribution is -0.116. The van der Waals surface area contributed by atoms with Gasteiger partial charge in [-0.3, -0.25) is 9.69 Å². The summed E-state index contributed by atoms with van der Waals surface area (Å²) in [6.07, 6.45) is 3.18. The van der Waals surface area contributed by atoms with Crippen LogP contribution in [0.2, 0.25) is 5.02 Å². The number of rotatable bonds is 9. The molecule has 1 aromatic heterocycles. The normalized spacial score (nSPS) is 15.7. The number of hydrogen-bond acceptors (Lipinski definition) is 6. The van der Waals surface area contributed by atoms with E-state index < -0.39 is 0 Å². The van der Waals surface area contributed by atoms with Crippen LogP contribution in [0.15, 0.2) is 34.8 Å². The van der Waals surface area contributed by atoms with E-state index in [9.17, 15) is 4.79 Å². The van der Waals surface area contributed by atoms with E-state index in [2.05, 4.69) is 10.2 Å². The predicted octanol–water partition coefficient (Wildman–Crippen LogP) is 3.85. The van der Waals surface area contributed by atoms with Crippen LogP contribution in [0.1, 0.15) is 30.0 Å². The predicted molar refractivity (Wildman–Crippen MR) is 120 cm³/mol. The summed E-state index contributed by atoms with van der Waals surface area (Å²) in [5, 5.41) is 3.41. The number of aryl methyl sites for hydroxylation is 1. The van der Waals surface area contributed by atoms with Crippen molar-refractivity contribution in [3.63, 3.8) is 0 Å². The van der Waals surface area contributed by atoms with E-state index >= 15 is 0 Å². The van der Waals surface area contributed by atoms with Gasteiger partial charge in [-0.1, -0.05) is 11.6 Å². The van der Waals surface area contributed by atoms with Crippen LogP contribution in [0.3, 0.4) is 0 Å². The molecule has 2 heterocycles. The second-order valence-corrected chi connectivity index (χ2v) is 7.57. The molecule has 1 aliphatic heterocycles. The van der Waals surface area contributed by atoms with Gasteiger partial charge in [0.25, 0.3) is 0 Å². The van der Waals surface area contributed by atoms with Crippen LogP contribution in [0.25, 0.3) is 6.08 Å². The minimum atomic E-state index is -0.203. The highest BCUT2D eigenvalue weighted by atomic mass is 35.5. The number of hydrogen-bond donors (Lipinski definition) is 1. The Morgan fingerprint density at radius 1 is 1.32 bits per heavy atom. The lowest BCUT2D eigenvalue weighted by Crippen LogP contribution is -2.43. The Bertz CT molecular complexity index is 905. The second kappa shape index (κ2) is 11.2. The van der Waals surface area contributed by atoms with Gasteiger partial charge in [-0.25, -0.2) is 0 Å². The summed E-state index contributed by atoms with van der Waals surface area (Å²) in [6, 6.07) is 7.37. The number of carbonyl (C=O) groups is 1. The minimum absolute atomic E-state index is 0.0463. The Balaban J connectivity index is 1.66. The standard InChI is InChI=1S/C23H29ClN2O5/c1-4-30-23-18(24)13-17(14-21(23)28-3)6-8-22(27)25-15-19(20-7-5-16(2)31-20)26-9-11-29-12-10-26/h5-8,13-14,19H,4,9-12,15H2,1-3H3,(H,25,27)/b8-6+. The van der Waals surface area contributed by atoms with Gasteiger partial charge in [0, 0.05) is 25.7 Å². The van der Waals surface area contributed by atoms with E-state index in [1.54, 1.807) is 25.3 Å². The molecule has 1 amide bonds. The average Bonchev–Trinajstić information content (AvgIpc) is 3.20. The Morgan fingerprint density at radius 2 is 2.10 bits per heavy atom. The van der Waals surface area contributed by atoms with Crippen LogP contribution in [-0.2, 0) is 9.53 Å². The molecular formula is C23H29ClN2O5. The smallest absolute Gasteiger partial charge is 0.244 e. The first-order chi connectivity index (χ1) is 15.0. The van der Waals surface area contributed by atoms with Gasteiger partial charge in [0.1, 0.15) is 11.5 Å². The monoisotopic (exact) mass is 448 g/mol. The van der Waals surface area contributed by atoms with E-state index in [1.807, 2.05) is 26.0 Å². The van der Waals surface area contributed by atoms with E-state index in [0.717, 1.165) is 30.2 Å². The van der Waals surface area contributed by atoms with E-state index in [1.165, 1.54) is 6.08 Å². The molecule has 1 N–H and O–H groups in total. The Morgan fingerprint density at radius 3 is 2.74 bits per heavy atom. The third-order valence-corrected chi connectivity index (χ3v) is 5.29. The molecule has 1 unspecified atom stereocenters. The molecule has 2 aromatic rings. The van der Waals surface area contributed by atoms with Gasteiger partial charge in [-0.2, -0.15) is 0 Å². The SMILES string of the molecule is CCOc1c(Cl)cc(/C=C/C(=O)NCC(c2ccc(C)o2)N2CCOCC2)cc1OC. The number of ether oxygens (including phenoxy) is 3. The maximum atomic E-state index is 12.5. The topological polar surface area (TPSA) is 73.2 Å². The fourth-order valence-electron chi connectivity index (χ4n) is 3.48. The van der Waals surface area contributed by atoms with Gasteiger partial charge in [0.15, 0.2) is 11.5 Å². The summed E-state index contributed by atoms with van der Waals surface area (Å²) >= 11 is 6.30. The van der Waals surface area contributed by atoms with Crippen LogP contribution in [-0.4, -0.2) is 57.4 Å². The summed E-state index contributed by atoms with van der Waals surface area (Å²) in [4.78, 5) is 14.8. The Labute approximate surface area is 187 Å². The van der Waals surface area contributed by atoms with Crippen molar-refractivity contribution in [2.45, 2.75) is 19.9 Å². The molecule has 8 heteroatoms. The summed E-state index contributed by atoms with van der Waals surface area (Å²) in [7, 11) is 1.55. The van der Waals surface area contributed by atoms with E-state index in [-0.39, 0.29) is 11.9 Å². The molecule has 0 saturated carbocycles. The molecule has 1 atom stereocenters. The number of benzene rings is 1. The van der Waals surface area contributed by atoms with Gasteiger partial charge in [0.2, 0.25) is 5.91 Å². The van der Waals surface area contributed by atoms with Crippen LogP contribution in [0.4, 0.5) is 0 Å². The lowest BCUT2D eigenvalue weighted by Gasteiger charge is -2.33. The fourth-order valence-corrected chi connectivity index (χ4v) is 3.75. The van der Waals surface area contributed by atoms with Crippen molar-refractivity contribution < 1.29 is 23.4 Å². The minimum Gasteiger partial charge on any atom is -0.493 e. The molecule has 168 valence electrons. The molecule has 7 nitrogen and oxygen atoms in total. The number of furan rings is 1. The molecule has 0 bridgehead atoms. The average molecular weight is 449 g/mol. The zero-order valence-corrected chi connectivity index (χ0v) is 18.9. The van der Waals surface area contributed by atoms with Crippen LogP contribution < -0.4 is 14.8 Å². The Hall–Kier alpha value is -2.48. The summed E-state index contributed by atoms with van der Waals surface area (Å²) in [5.41, 5.74) is 0.742. The fraction of sp³-hybridized carbons (Fsp3) is 0.435. The van der Waals surface area contributed by atoms with Crippen LogP contribution in [0, 0.1) is 6.92 Å². The van der Waals surface area contributed by atoms with Crippen molar-refractivity contribution in [1.29, 1.82) is 0 Å². The number of amides is 1. The van der Waals surface area contributed by atoms with Crippen molar-refractivity contribution in [3.8, 4) is 11.5 Å². The first-order valence-electron chi connectivity index (χ1n) is 10.4. The van der Waals surface area contributed by atoms with Crippen molar-refractivity contribution in [1.82, 2.24) is 10.2 Å². The summed E-state index contributed by atoms with van der Waals surface area (Å²) in [6.45, 7) is 7.63. The van der Waals surface area contributed by atoms with Gasteiger partial charge in [-0.15, -0.1) is 0 Å². The molecule has 3 rings (SSSR count). The Kier molecular flexibility index (Phi) is 8.40.